The van der Waals surface area contributed by atoms with E-state index >= 15 is 0 Å². The van der Waals surface area contributed by atoms with Gasteiger partial charge in [-0.1, -0.05) is 0 Å². The minimum absolute atomic E-state index is 0. The van der Waals surface area contributed by atoms with Gasteiger partial charge in [0.1, 0.15) is 0 Å². The van der Waals surface area contributed by atoms with E-state index in [1.165, 1.54) is 0 Å². The molecule has 0 aromatic carbocycles. The van der Waals surface area contributed by atoms with E-state index in [1.807, 2.05) is 0 Å². The zero-order chi connectivity index (χ0) is 3.41. The average molecular weight is 170 g/mol. The Morgan fingerprint density at radius 2 is 1.00 bits per heavy atom. The van der Waals surface area contributed by atoms with Crippen molar-refractivity contribution in [3.8, 4) is 0 Å². The summed E-state index contributed by atoms with van der Waals surface area (Å²) in [5.74, 6) is 1.44. The molecule has 0 rings (SSSR count). The Balaban J connectivity index is -0.0000000450. The second kappa shape index (κ2) is 16.0. The maximum Gasteiger partial charge on any atom is 1.00 e. The van der Waals surface area contributed by atoms with Gasteiger partial charge in [0, 0.05) is 0 Å². The molecular weight excluding hydrogens is 166 g/mol. The van der Waals surface area contributed by atoms with Crippen molar-refractivity contribution in [3.63, 3.8) is 0 Å². The van der Waals surface area contributed by atoms with E-state index in [1.54, 1.807) is 0 Å². The molecule has 0 saturated carbocycles. The molecule has 0 fully saturated rings. The molecule has 0 amide bonds. The summed E-state index contributed by atoms with van der Waals surface area (Å²) >= 11 is 8.90. The van der Waals surface area contributed by atoms with Crippen LogP contribution < -0.4 is 103 Å². The maximum atomic E-state index is 4.45. The van der Waals surface area contributed by atoms with E-state index in [0.717, 1.165) is 11.5 Å². The first-order valence-electron chi connectivity index (χ1n) is 1.08. The molecule has 0 saturated heterocycles. The molecule has 26 valence electrons. The predicted molar refractivity (Wildman–Crippen MR) is 24.5 cm³/mol. The van der Waals surface area contributed by atoms with Gasteiger partial charge in [-0.2, -0.15) is 11.5 Å². The molecule has 0 nitrogen and oxygen atoms in total. The zero-order valence-electron chi connectivity index (χ0n) is 4.23. The summed E-state index contributed by atoms with van der Waals surface area (Å²) in [7, 11) is 0. The topological polar surface area (TPSA) is 0 Å². The summed E-state index contributed by atoms with van der Waals surface area (Å²) in [5.41, 5.74) is 0. The summed E-state index contributed by atoms with van der Waals surface area (Å²) in [6.07, 6.45) is 0. The van der Waals surface area contributed by atoms with Crippen LogP contribution in [0.15, 0.2) is 0 Å². The van der Waals surface area contributed by atoms with Gasteiger partial charge in [-0.3, -0.25) is 0 Å². The van der Waals surface area contributed by atoms with Gasteiger partial charge in [0.05, 0.1) is 0 Å². The Morgan fingerprint density at radius 1 is 0.833 bits per heavy atom. The Morgan fingerprint density at radius 3 is 1.00 bits per heavy atom. The molecule has 0 aromatic heterocycles. The molecule has 4 heteroatoms. The van der Waals surface area contributed by atoms with Gasteiger partial charge in [-0.05, 0) is 0 Å². The fourth-order valence-corrected chi connectivity index (χ4v) is 0. The normalized spacial score (nSPS) is 5.00. The smallest absolute Gasteiger partial charge is 0.794 e. The molecule has 0 N–H and O–H groups in total. The van der Waals surface area contributed by atoms with Gasteiger partial charge in [0.15, 0.2) is 0 Å². The molecule has 0 aliphatic carbocycles. The SMILES string of the molecule is [K+].[K+].[S-]CC[S-]. The summed E-state index contributed by atoms with van der Waals surface area (Å²) < 4.78 is 0. The number of hydrogen-bond acceptors (Lipinski definition) is 2. The number of rotatable bonds is 1. The van der Waals surface area contributed by atoms with Crippen molar-refractivity contribution in [2.45, 2.75) is 0 Å². The second-order valence-electron chi connectivity index (χ2n) is 0.408. The zero-order valence-corrected chi connectivity index (χ0v) is 12.1. The van der Waals surface area contributed by atoms with Crippen LogP contribution in [0.5, 0.6) is 0 Å². The van der Waals surface area contributed by atoms with Gasteiger partial charge in [0.2, 0.25) is 0 Å². The van der Waals surface area contributed by atoms with Gasteiger partial charge < -0.3 is 25.3 Å². The van der Waals surface area contributed by atoms with Crippen LogP contribution in [-0.4, -0.2) is 11.5 Å². The first kappa shape index (κ1) is 16.5. The third kappa shape index (κ3) is 15.7. The van der Waals surface area contributed by atoms with Gasteiger partial charge >= 0.3 is 103 Å². The van der Waals surface area contributed by atoms with Crippen LogP contribution in [0.3, 0.4) is 0 Å². The Kier molecular flexibility index (Phi) is 44.0. The third-order valence-corrected chi connectivity index (χ3v) is 0.750. The largest absolute Gasteiger partial charge is 1.00 e. The fraction of sp³-hybridized carbons (Fsp3) is 1.00. The van der Waals surface area contributed by atoms with Crippen molar-refractivity contribution in [2.75, 3.05) is 11.5 Å². The molecular formula is C2H4K2S2. The Bertz CT molecular complexity index is 11.5. The molecule has 0 bridgehead atoms. The fourth-order valence-electron chi connectivity index (χ4n) is 0. The maximum absolute atomic E-state index is 4.45. The molecule has 6 heavy (non-hydrogen) atoms. The standard InChI is InChI=1S/C2H6S2.2K/c3-1-2-4;;/h3-4H,1-2H2;;/q;2*+1/p-2. The minimum Gasteiger partial charge on any atom is -0.794 e. The van der Waals surface area contributed by atoms with Crippen LogP contribution in [0.25, 0.3) is 0 Å². The third-order valence-electron chi connectivity index (χ3n) is 0.0833. The molecule has 0 aliphatic rings. The van der Waals surface area contributed by atoms with Crippen molar-refractivity contribution in [1.82, 2.24) is 0 Å². The summed E-state index contributed by atoms with van der Waals surface area (Å²) in [6.45, 7) is 0. The molecule has 0 spiro atoms. The van der Waals surface area contributed by atoms with Gasteiger partial charge in [-0.15, -0.1) is 0 Å². The monoisotopic (exact) mass is 170 g/mol. The first-order valence-corrected chi connectivity index (χ1v) is 2.23. The minimum atomic E-state index is 0. The van der Waals surface area contributed by atoms with Crippen molar-refractivity contribution in [3.05, 3.63) is 0 Å². The predicted octanol–water partition coefficient (Wildman–Crippen LogP) is -5.91. The van der Waals surface area contributed by atoms with Crippen LogP contribution in [0, 0.1) is 0 Å². The first-order chi connectivity index (χ1) is 1.91. The Hall–Kier alpha value is 3.97. The van der Waals surface area contributed by atoms with Crippen LogP contribution in [-0.2, 0) is 25.3 Å². The second-order valence-corrected chi connectivity index (χ2v) is 1.22. The van der Waals surface area contributed by atoms with Gasteiger partial charge in [-0.25, -0.2) is 0 Å². The summed E-state index contributed by atoms with van der Waals surface area (Å²) in [5, 5.41) is 0. The van der Waals surface area contributed by atoms with E-state index in [9.17, 15) is 0 Å². The van der Waals surface area contributed by atoms with Crippen LogP contribution in [0.2, 0.25) is 0 Å². The molecule has 0 aromatic rings. The molecule has 0 unspecified atom stereocenters. The van der Waals surface area contributed by atoms with Crippen LogP contribution >= 0.6 is 0 Å². The quantitative estimate of drug-likeness (QED) is 0.284. The van der Waals surface area contributed by atoms with Crippen molar-refractivity contribution in [2.24, 2.45) is 0 Å². The van der Waals surface area contributed by atoms with E-state index < -0.39 is 0 Å². The summed E-state index contributed by atoms with van der Waals surface area (Å²) in [6, 6.07) is 0. The number of hydrogen-bond donors (Lipinski definition) is 0. The summed E-state index contributed by atoms with van der Waals surface area (Å²) in [4.78, 5) is 0. The van der Waals surface area contributed by atoms with Crippen LogP contribution in [0.1, 0.15) is 0 Å². The van der Waals surface area contributed by atoms with E-state index in [-0.39, 0.29) is 103 Å². The molecule has 0 atom stereocenters. The van der Waals surface area contributed by atoms with Crippen molar-refractivity contribution >= 4 is 25.3 Å². The van der Waals surface area contributed by atoms with Crippen molar-refractivity contribution < 1.29 is 103 Å². The molecule has 0 heterocycles. The van der Waals surface area contributed by atoms with E-state index in [4.69, 9.17) is 0 Å². The average Bonchev–Trinajstić information content (AvgIpc) is 1.37. The van der Waals surface area contributed by atoms with E-state index in [0.29, 0.717) is 0 Å². The van der Waals surface area contributed by atoms with Crippen LogP contribution in [0.4, 0.5) is 0 Å². The van der Waals surface area contributed by atoms with E-state index in [2.05, 4.69) is 25.3 Å². The molecule has 0 radical (unpaired) electrons. The molecule has 0 aliphatic heterocycles. The van der Waals surface area contributed by atoms with Gasteiger partial charge in [0.25, 0.3) is 0 Å². The Labute approximate surface area is 135 Å². The van der Waals surface area contributed by atoms with Crippen molar-refractivity contribution in [1.29, 1.82) is 0 Å².